The SMILES string of the molecule is CCCCCCCC(CCC)(CCC)C(=O)O. The zero-order chi connectivity index (χ0) is 13.1. The molecule has 1 N–H and O–H groups in total. The minimum absolute atomic E-state index is 0.435. The van der Waals surface area contributed by atoms with Crippen molar-refractivity contribution in [2.45, 2.75) is 85.0 Å². The maximum absolute atomic E-state index is 11.5. The summed E-state index contributed by atoms with van der Waals surface area (Å²) < 4.78 is 0. The van der Waals surface area contributed by atoms with Crippen LogP contribution in [0.4, 0.5) is 0 Å². The third-order valence-electron chi connectivity index (χ3n) is 3.67. The standard InChI is InChI=1S/C15H30O2/c1-4-7-8-9-10-13-15(11-5-2,12-6-3)14(16)17/h4-13H2,1-3H3,(H,16,17). The maximum atomic E-state index is 11.5. The van der Waals surface area contributed by atoms with E-state index >= 15 is 0 Å². The Bertz CT molecular complexity index is 193. The number of carboxylic acid groups (broad SMARTS) is 1. The second kappa shape index (κ2) is 9.49. The Morgan fingerprint density at radius 3 is 1.76 bits per heavy atom. The zero-order valence-corrected chi connectivity index (χ0v) is 11.9. The number of rotatable bonds is 11. The van der Waals surface area contributed by atoms with E-state index in [1.807, 2.05) is 0 Å². The van der Waals surface area contributed by atoms with Gasteiger partial charge in [0.05, 0.1) is 5.41 Å². The van der Waals surface area contributed by atoms with Gasteiger partial charge in [-0.25, -0.2) is 0 Å². The highest BCUT2D eigenvalue weighted by atomic mass is 16.4. The van der Waals surface area contributed by atoms with Gasteiger partial charge in [-0.15, -0.1) is 0 Å². The van der Waals surface area contributed by atoms with E-state index < -0.39 is 11.4 Å². The molecule has 0 bridgehead atoms. The lowest BCUT2D eigenvalue weighted by Crippen LogP contribution is -2.31. The quantitative estimate of drug-likeness (QED) is 0.517. The Morgan fingerprint density at radius 2 is 1.35 bits per heavy atom. The molecular weight excluding hydrogens is 212 g/mol. The Labute approximate surface area is 107 Å². The number of carboxylic acids is 1. The van der Waals surface area contributed by atoms with Crippen molar-refractivity contribution in [3.63, 3.8) is 0 Å². The fraction of sp³-hybridized carbons (Fsp3) is 0.933. The van der Waals surface area contributed by atoms with Crippen LogP contribution >= 0.6 is 0 Å². The summed E-state index contributed by atoms with van der Waals surface area (Å²) in [6.45, 7) is 6.38. The highest BCUT2D eigenvalue weighted by Gasteiger charge is 2.35. The van der Waals surface area contributed by atoms with Crippen LogP contribution in [0.5, 0.6) is 0 Å². The molecule has 0 aliphatic heterocycles. The molecule has 0 heterocycles. The van der Waals surface area contributed by atoms with Gasteiger partial charge in [0.1, 0.15) is 0 Å². The van der Waals surface area contributed by atoms with Gasteiger partial charge in [-0.2, -0.15) is 0 Å². The van der Waals surface area contributed by atoms with E-state index in [0.29, 0.717) is 0 Å². The van der Waals surface area contributed by atoms with Crippen LogP contribution in [0, 0.1) is 5.41 Å². The molecule has 0 fully saturated rings. The molecular formula is C15H30O2. The van der Waals surface area contributed by atoms with E-state index in [4.69, 9.17) is 0 Å². The summed E-state index contributed by atoms with van der Waals surface area (Å²) >= 11 is 0. The number of carbonyl (C=O) groups is 1. The van der Waals surface area contributed by atoms with Gasteiger partial charge in [-0.3, -0.25) is 4.79 Å². The van der Waals surface area contributed by atoms with Crippen molar-refractivity contribution in [2.75, 3.05) is 0 Å². The predicted octanol–water partition coefficient (Wildman–Crippen LogP) is 5.02. The second-order valence-corrected chi connectivity index (χ2v) is 5.25. The molecule has 0 saturated heterocycles. The van der Waals surface area contributed by atoms with Crippen molar-refractivity contribution in [3.05, 3.63) is 0 Å². The summed E-state index contributed by atoms with van der Waals surface area (Å²) in [6, 6.07) is 0. The van der Waals surface area contributed by atoms with Crippen LogP contribution in [-0.2, 0) is 4.79 Å². The zero-order valence-electron chi connectivity index (χ0n) is 11.9. The van der Waals surface area contributed by atoms with Crippen molar-refractivity contribution in [3.8, 4) is 0 Å². The first kappa shape index (κ1) is 16.5. The van der Waals surface area contributed by atoms with E-state index in [1.54, 1.807) is 0 Å². The molecule has 0 aliphatic rings. The lowest BCUT2D eigenvalue weighted by molar-refractivity contribution is -0.150. The van der Waals surface area contributed by atoms with E-state index in [1.165, 1.54) is 25.7 Å². The first-order valence-corrected chi connectivity index (χ1v) is 7.36. The van der Waals surface area contributed by atoms with Crippen LogP contribution < -0.4 is 0 Å². The molecule has 0 radical (unpaired) electrons. The van der Waals surface area contributed by atoms with Gasteiger partial charge >= 0.3 is 5.97 Å². The molecule has 0 aromatic heterocycles. The lowest BCUT2D eigenvalue weighted by atomic mass is 9.75. The van der Waals surface area contributed by atoms with Gasteiger partial charge < -0.3 is 5.11 Å². The highest BCUT2D eigenvalue weighted by molar-refractivity contribution is 5.74. The normalized spacial score (nSPS) is 11.7. The van der Waals surface area contributed by atoms with E-state index in [0.717, 1.165) is 38.5 Å². The second-order valence-electron chi connectivity index (χ2n) is 5.25. The molecule has 0 atom stereocenters. The summed E-state index contributed by atoms with van der Waals surface area (Å²) in [6.07, 6.45) is 10.5. The first-order chi connectivity index (χ1) is 8.13. The Kier molecular flexibility index (Phi) is 9.20. The minimum atomic E-state index is -0.573. The molecule has 0 amide bonds. The van der Waals surface area contributed by atoms with E-state index in [2.05, 4.69) is 20.8 Å². The molecule has 2 heteroatoms. The lowest BCUT2D eigenvalue weighted by Gasteiger charge is -2.29. The smallest absolute Gasteiger partial charge is 0.309 e. The van der Waals surface area contributed by atoms with Gasteiger partial charge in [0.2, 0.25) is 0 Å². The third-order valence-corrected chi connectivity index (χ3v) is 3.67. The minimum Gasteiger partial charge on any atom is -0.481 e. The first-order valence-electron chi connectivity index (χ1n) is 7.36. The van der Waals surface area contributed by atoms with Gasteiger partial charge in [0.15, 0.2) is 0 Å². The fourth-order valence-corrected chi connectivity index (χ4v) is 2.72. The molecule has 0 aromatic carbocycles. The molecule has 0 saturated carbocycles. The maximum Gasteiger partial charge on any atom is 0.309 e. The average Bonchev–Trinajstić information content (AvgIpc) is 2.29. The van der Waals surface area contributed by atoms with Crippen LogP contribution in [0.25, 0.3) is 0 Å². The van der Waals surface area contributed by atoms with E-state index in [9.17, 15) is 9.90 Å². The van der Waals surface area contributed by atoms with Crippen LogP contribution in [-0.4, -0.2) is 11.1 Å². The van der Waals surface area contributed by atoms with Crippen molar-refractivity contribution in [2.24, 2.45) is 5.41 Å². The molecule has 0 rings (SSSR count). The van der Waals surface area contributed by atoms with Gasteiger partial charge in [0.25, 0.3) is 0 Å². The predicted molar refractivity (Wildman–Crippen MR) is 73.3 cm³/mol. The Balaban J connectivity index is 4.20. The van der Waals surface area contributed by atoms with Crippen LogP contribution in [0.2, 0.25) is 0 Å². The van der Waals surface area contributed by atoms with Crippen molar-refractivity contribution >= 4 is 5.97 Å². The summed E-state index contributed by atoms with van der Waals surface area (Å²) in [5, 5.41) is 9.49. The number of aliphatic carboxylic acids is 1. The van der Waals surface area contributed by atoms with Crippen molar-refractivity contribution < 1.29 is 9.90 Å². The largest absolute Gasteiger partial charge is 0.481 e. The van der Waals surface area contributed by atoms with E-state index in [-0.39, 0.29) is 0 Å². The third kappa shape index (κ3) is 6.09. The molecule has 0 unspecified atom stereocenters. The molecule has 0 aliphatic carbocycles. The van der Waals surface area contributed by atoms with Crippen molar-refractivity contribution in [1.82, 2.24) is 0 Å². The molecule has 2 nitrogen and oxygen atoms in total. The highest BCUT2D eigenvalue weighted by Crippen LogP contribution is 2.36. The number of unbranched alkanes of at least 4 members (excludes halogenated alkanes) is 4. The Hall–Kier alpha value is -0.530. The topological polar surface area (TPSA) is 37.3 Å². The Morgan fingerprint density at radius 1 is 0.824 bits per heavy atom. The molecule has 102 valence electrons. The summed E-state index contributed by atoms with van der Waals surface area (Å²) in [7, 11) is 0. The number of hydrogen-bond acceptors (Lipinski definition) is 1. The van der Waals surface area contributed by atoms with Crippen LogP contribution in [0.1, 0.15) is 85.0 Å². The monoisotopic (exact) mass is 242 g/mol. The molecule has 0 aromatic rings. The van der Waals surface area contributed by atoms with Crippen molar-refractivity contribution in [1.29, 1.82) is 0 Å². The summed E-state index contributed by atoms with van der Waals surface area (Å²) in [5.74, 6) is -0.573. The number of hydrogen-bond donors (Lipinski definition) is 1. The summed E-state index contributed by atoms with van der Waals surface area (Å²) in [4.78, 5) is 11.5. The fourth-order valence-electron chi connectivity index (χ4n) is 2.72. The average molecular weight is 242 g/mol. The summed E-state index contributed by atoms with van der Waals surface area (Å²) in [5.41, 5.74) is -0.435. The van der Waals surface area contributed by atoms with Gasteiger partial charge in [-0.05, 0) is 19.3 Å². The van der Waals surface area contributed by atoms with Gasteiger partial charge in [0, 0.05) is 0 Å². The molecule has 17 heavy (non-hydrogen) atoms. The molecule has 0 spiro atoms. The van der Waals surface area contributed by atoms with Gasteiger partial charge in [-0.1, -0.05) is 65.7 Å². The van der Waals surface area contributed by atoms with Crippen LogP contribution in [0.15, 0.2) is 0 Å². The van der Waals surface area contributed by atoms with Crippen LogP contribution in [0.3, 0.4) is 0 Å².